The molecule has 3 aromatic heterocycles. The van der Waals surface area contributed by atoms with Gasteiger partial charge in [0.05, 0.1) is 32.0 Å². The van der Waals surface area contributed by atoms with Crippen LogP contribution in [0.1, 0.15) is 91.3 Å². The second-order valence-electron chi connectivity index (χ2n) is 18.5. The molecule has 1 saturated heterocycles. The summed E-state index contributed by atoms with van der Waals surface area (Å²) in [6.07, 6.45) is 7.13. The van der Waals surface area contributed by atoms with E-state index in [4.69, 9.17) is 24.8 Å². The second kappa shape index (κ2) is 16.2. The summed E-state index contributed by atoms with van der Waals surface area (Å²) in [6.45, 7) is 8.61. The molecule has 66 heavy (non-hydrogen) atoms. The van der Waals surface area contributed by atoms with E-state index in [1.54, 1.807) is 37.8 Å². The van der Waals surface area contributed by atoms with Gasteiger partial charge in [-0.1, -0.05) is 18.1 Å². The molecule has 2 aliphatic carbocycles. The summed E-state index contributed by atoms with van der Waals surface area (Å²) in [5.41, 5.74) is 9.14. The highest BCUT2D eigenvalue weighted by Gasteiger charge is 2.59. The number of carbonyl (C=O) groups excluding carboxylic acids is 1. The van der Waals surface area contributed by atoms with Crippen molar-refractivity contribution in [2.75, 3.05) is 25.5 Å². The van der Waals surface area contributed by atoms with Gasteiger partial charge in [-0.3, -0.25) is 23.4 Å². The number of aromatic nitrogens is 5. The predicted molar refractivity (Wildman–Crippen MR) is 244 cm³/mol. The highest BCUT2D eigenvalue weighted by atomic mass is 32.2. The van der Waals surface area contributed by atoms with Gasteiger partial charge in [-0.25, -0.2) is 32.4 Å². The lowest BCUT2D eigenvalue weighted by molar-refractivity contribution is 0.0697. The van der Waals surface area contributed by atoms with E-state index < -0.39 is 44.4 Å². The zero-order chi connectivity index (χ0) is 46.4. The van der Waals surface area contributed by atoms with Crippen LogP contribution in [0.5, 0.6) is 0 Å². The van der Waals surface area contributed by atoms with Gasteiger partial charge in [0.1, 0.15) is 28.7 Å². The molecule has 0 bridgehead atoms. The van der Waals surface area contributed by atoms with Crippen molar-refractivity contribution in [3.63, 3.8) is 0 Å². The first-order chi connectivity index (χ1) is 31.5. The quantitative estimate of drug-likeness (QED) is 0.0934. The van der Waals surface area contributed by atoms with Crippen LogP contribution in [-0.4, -0.2) is 76.2 Å². The van der Waals surface area contributed by atoms with Gasteiger partial charge < -0.3 is 19.9 Å². The Hall–Kier alpha value is -6.40. The highest BCUT2D eigenvalue weighted by Crippen LogP contribution is 2.56. The van der Waals surface area contributed by atoms with Crippen molar-refractivity contribution in [1.29, 1.82) is 4.78 Å². The summed E-state index contributed by atoms with van der Waals surface area (Å²) in [5, 5.41) is 4.98. The van der Waals surface area contributed by atoms with E-state index in [1.807, 2.05) is 23.6 Å². The van der Waals surface area contributed by atoms with Gasteiger partial charge in [-0.15, -0.1) is 0 Å². The fourth-order valence-corrected chi connectivity index (χ4v) is 11.9. The zero-order valence-corrected chi connectivity index (χ0v) is 37.9. The van der Waals surface area contributed by atoms with Crippen LogP contribution < -0.4 is 17.2 Å². The molecular weight excluding hydrogens is 869 g/mol. The van der Waals surface area contributed by atoms with Crippen molar-refractivity contribution < 1.29 is 27.0 Å². The first-order valence-corrected chi connectivity index (χ1v) is 24.1. The number of carbonyl (C=O) groups is 1. The fourth-order valence-electron chi connectivity index (χ4n) is 10.1. The molecule has 3 aromatic carbocycles. The van der Waals surface area contributed by atoms with Crippen LogP contribution in [0.25, 0.3) is 16.6 Å². The van der Waals surface area contributed by atoms with Crippen LogP contribution >= 0.6 is 0 Å². The molecule has 4 aliphatic rings. The van der Waals surface area contributed by atoms with E-state index in [1.165, 1.54) is 29.1 Å². The molecule has 4 atom stereocenters. The Morgan fingerprint density at radius 1 is 1.02 bits per heavy atom. The van der Waals surface area contributed by atoms with Crippen LogP contribution in [0.3, 0.4) is 0 Å². The molecular formula is C48H51F2N9O6S. The Labute approximate surface area is 378 Å². The van der Waals surface area contributed by atoms with E-state index >= 15 is 9.18 Å². The van der Waals surface area contributed by atoms with Gasteiger partial charge in [-0.05, 0) is 136 Å². The van der Waals surface area contributed by atoms with Crippen LogP contribution in [0.4, 0.5) is 14.5 Å². The molecule has 18 heteroatoms. The third-order valence-electron chi connectivity index (χ3n) is 14.0. The lowest BCUT2D eigenvalue weighted by atomic mass is 9.91. The third kappa shape index (κ3) is 7.43. The average Bonchev–Trinajstić information content (AvgIpc) is 4.05. The number of halogens is 2. The average molecular weight is 920 g/mol. The van der Waals surface area contributed by atoms with E-state index in [0.717, 1.165) is 52.8 Å². The van der Waals surface area contributed by atoms with Crippen LogP contribution in [0.2, 0.25) is 0 Å². The van der Waals surface area contributed by atoms with Gasteiger partial charge in [0.25, 0.3) is 5.91 Å². The molecule has 344 valence electrons. The number of amides is 1. The van der Waals surface area contributed by atoms with Crippen molar-refractivity contribution in [1.82, 2.24) is 28.7 Å². The minimum Gasteiger partial charge on any atom is -0.402 e. The number of aryl methyl sites for hydroxylation is 2. The first kappa shape index (κ1) is 43.5. The van der Waals surface area contributed by atoms with Crippen molar-refractivity contribution in [3.05, 3.63) is 139 Å². The first-order valence-electron chi connectivity index (χ1n) is 22.4. The number of aromatic amines is 1. The smallest absolute Gasteiger partial charge is 0.402 e. The molecule has 0 spiro atoms. The van der Waals surface area contributed by atoms with E-state index in [-0.39, 0.29) is 52.9 Å². The van der Waals surface area contributed by atoms with E-state index in [0.29, 0.717) is 65.2 Å². The number of hydrogen-bond acceptors (Lipinski definition) is 10. The SMILES string of the molecule is Cc1cc(N=C(C2=C(N)CCN(C(=O)c3cc4cc(C5CCOCC5)ccc4n3[C@@]3(c4noc(=O)[nH]4)C[C@@H]3C)[C@H]2C)n2ccn(-c3ccc(S(=N)(=O)CC4CC4)cc3F)c2=O)cc(C)c1F. The monoisotopic (exact) mass is 919 g/mol. The largest absolute Gasteiger partial charge is 0.438 e. The summed E-state index contributed by atoms with van der Waals surface area (Å²) in [6, 6.07) is 14.2. The number of fused-ring (bicyclic) bond motifs is 1. The number of benzene rings is 3. The summed E-state index contributed by atoms with van der Waals surface area (Å²) < 4.78 is 67.6. The molecule has 3 fully saturated rings. The number of aliphatic imine (C=N–C) groups is 1. The van der Waals surface area contributed by atoms with E-state index in [2.05, 4.69) is 22.3 Å². The number of ether oxygens (including phenoxy) is 1. The number of hydrogen-bond donors (Lipinski definition) is 3. The lowest BCUT2D eigenvalue weighted by Gasteiger charge is -2.37. The topological polar surface area (TPSA) is 200 Å². The highest BCUT2D eigenvalue weighted by molar-refractivity contribution is 7.92. The molecule has 10 rings (SSSR count). The fraction of sp³-hybridized carbons (Fsp3) is 0.396. The maximum Gasteiger partial charge on any atom is 0.438 e. The van der Waals surface area contributed by atoms with Crippen molar-refractivity contribution in [2.24, 2.45) is 22.6 Å². The second-order valence-corrected chi connectivity index (χ2v) is 20.6. The van der Waals surface area contributed by atoms with Gasteiger partial charge in [0, 0.05) is 66.5 Å². The van der Waals surface area contributed by atoms with Crippen molar-refractivity contribution in [2.45, 2.75) is 88.6 Å². The minimum atomic E-state index is -3.24. The molecule has 1 unspecified atom stereocenters. The molecule has 0 radical (unpaired) electrons. The molecule has 1 amide bonds. The van der Waals surface area contributed by atoms with Crippen LogP contribution in [0, 0.1) is 42.1 Å². The van der Waals surface area contributed by atoms with Gasteiger partial charge >= 0.3 is 11.4 Å². The third-order valence-corrected chi connectivity index (χ3v) is 16.0. The zero-order valence-electron chi connectivity index (χ0n) is 37.1. The number of nitrogens with zero attached hydrogens (tertiary/aromatic N) is 6. The molecule has 2 aliphatic heterocycles. The normalized spacial score (nSPS) is 22.6. The standard InChI is InChI=1S/C48H51F2N9O6S/c1-26-19-34(20-27(2)42(26)50)53-43(58-16-15-57(47(58)62)39-10-8-35(23-36(39)49)66(52,63)25-30-5-6-30)41-29(4)56(14-11-37(41)51)44(60)40-22-33-21-32(31-12-17-64-18-13-31)7-9-38(33)59(40)48(24-28(48)3)45-54-46(61)65-55-45/h7-10,15-16,19-23,28-31,52H,5-6,11-14,17-18,24-25,51H2,1-4H3,(H,54,55,61)/t28-,29-,48-,66?/m0/s1. The summed E-state index contributed by atoms with van der Waals surface area (Å²) in [4.78, 5) is 51.9. The van der Waals surface area contributed by atoms with Gasteiger partial charge in [0.15, 0.2) is 5.82 Å². The van der Waals surface area contributed by atoms with Crippen LogP contribution in [-0.2, 0) is 20.0 Å². The van der Waals surface area contributed by atoms with Crippen LogP contribution in [0.15, 0.2) is 102 Å². The number of rotatable bonds is 10. The Kier molecular flexibility index (Phi) is 10.7. The number of imidazole rings is 1. The Morgan fingerprint density at radius 3 is 2.39 bits per heavy atom. The summed E-state index contributed by atoms with van der Waals surface area (Å²) in [7, 11) is -3.24. The van der Waals surface area contributed by atoms with Crippen molar-refractivity contribution in [3.8, 4) is 5.69 Å². The Bertz CT molecular complexity index is 3240. The van der Waals surface area contributed by atoms with Gasteiger partial charge in [0.2, 0.25) is 0 Å². The predicted octanol–water partition coefficient (Wildman–Crippen LogP) is 7.38. The number of nitrogens with one attached hydrogen (secondary N) is 2. The van der Waals surface area contributed by atoms with E-state index in [9.17, 15) is 18.2 Å². The maximum absolute atomic E-state index is 16.0. The van der Waals surface area contributed by atoms with Gasteiger partial charge in [-0.2, -0.15) is 0 Å². The summed E-state index contributed by atoms with van der Waals surface area (Å²) in [5.74, 6) is -1.31. The Morgan fingerprint density at radius 2 is 1.74 bits per heavy atom. The molecule has 15 nitrogen and oxygen atoms in total. The lowest BCUT2D eigenvalue weighted by Crippen LogP contribution is -2.49. The minimum absolute atomic E-state index is 0.0300. The molecule has 5 heterocycles. The van der Waals surface area contributed by atoms with Crippen molar-refractivity contribution >= 4 is 38.1 Å². The number of nitrogens with two attached hydrogens (primary N) is 1. The molecule has 4 N–H and O–H groups in total. The Balaban J connectivity index is 1.07. The number of H-pyrrole nitrogens is 1. The molecule has 6 aromatic rings. The molecule has 2 saturated carbocycles. The summed E-state index contributed by atoms with van der Waals surface area (Å²) >= 11 is 0. The maximum atomic E-state index is 16.0.